The highest BCUT2D eigenvalue weighted by molar-refractivity contribution is 6.43. The van der Waals surface area contributed by atoms with Crippen molar-refractivity contribution in [1.29, 1.82) is 5.26 Å². The molecule has 1 aromatic carbocycles. The lowest BCUT2D eigenvalue weighted by Crippen LogP contribution is -2.46. The Hall–Kier alpha value is -0.950. The molecule has 1 saturated heterocycles. The van der Waals surface area contributed by atoms with Gasteiger partial charge in [-0.2, -0.15) is 5.26 Å². The first-order valence-corrected chi connectivity index (χ1v) is 6.26. The van der Waals surface area contributed by atoms with Crippen LogP contribution in [0.5, 0.6) is 0 Å². The number of nitrogens with zero attached hydrogens (tertiary/aromatic N) is 3. The Balaban J connectivity index is 2.06. The molecular weight excluding hydrogens is 257 g/mol. The Labute approximate surface area is 111 Å². The van der Waals surface area contributed by atoms with E-state index in [0.29, 0.717) is 16.6 Å². The minimum Gasteiger partial charge on any atom is -0.368 e. The summed E-state index contributed by atoms with van der Waals surface area (Å²) in [5.41, 5.74) is 0.982. The SMILES string of the molecule is N#CCN1CCN(c2cccc(Cl)c2Cl)CC1. The van der Waals surface area contributed by atoms with Gasteiger partial charge in [0.2, 0.25) is 0 Å². The normalized spacial score (nSPS) is 16.9. The second-order valence-electron chi connectivity index (χ2n) is 3.99. The van der Waals surface area contributed by atoms with Crippen LogP contribution in [0.2, 0.25) is 10.0 Å². The van der Waals surface area contributed by atoms with E-state index in [1.165, 1.54) is 0 Å². The third kappa shape index (κ3) is 2.84. The fourth-order valence-corrected chi connectivity index (χ4v) is 2.40. The quantitative estimate of drug-likeness (QED) is 0.774. The van der Waals surface area contributed by atoms with Gasteiger partial charge >= 0.3 is 0 Å². The molecule has 0 atom stereocenters. The van der Waals surface area contributed by atoms with Crippen LogP contribution in [0.3, 0.4) is 0 Å². The van der Waals surface area contributed by atoms with Gasteiger partial charge in [-0.05, 0) is 12.1 Å². The first-order chi connectivity index (χ1) is 8.22. The topological polar surface area (TPSA) is 30.3 Å². The molecule has 0 spiro atoms. The van der Waals surface area contributed by atoms with Crippen LogP contribution >= 0.6 is 23.2 Å². The second kappa shape index (κ2) is 5.59. The second-order valence-corrected chi connectivity index (χ2v) is 4.78. The number of rotatable bonds is 2. The standard InChI is InChI=1S/C12H13Cl2N3/c13-10-2-1-3-11(12(10)14)17-8-6-16(5-4-15)7-9-17/h1-3H,5-9H2. The highest BCUT2D eigenvalue weighted by Crippen LogP contribution is 2.32. The average Bonchev–Trinajstić information content (AvgIpc) is 2.34. The van der Waals surface area contributed by atoms with Crippen molar-refractivity contribution in [1.82, 2.24) is 4.90 Å². The molecular formula is C12H13Cl2N3. The molecule has 1 aromatic rings. The predicted molar refractivity (Wildman–Crippen MR) is 70.7 cm³/mol. The molecule has 1 fully saturated rings. The molecule has 17 heavy (non-hydrogen) atoms. The van der Waals surface area contributed by atoms with Crippen LogP contribution in [0.15, 0.2) is 18.2 Å². The van der Waals surface area contributed by atoms with Gasteiger partial charge in [0.25, 0.3) is 0 Å². The van der Waals surface area contributed by atoms with Crippen molar-refractivity contribution in [2.45, 2.75) is 0 Å². The van der Waals surface area contributed by atoms with E-state index in [1.807, 2.05) is 12.1 Å². The molecule has 0 aliphatic carbocycles. The van der Waals surface area contributed by atoms with Crippen LogP contribution in [0.25, 0.3) is 0 Å². The summed E-state index contributed by atoms with van der Waals surface area (Å²) in [6.45, 7) is 4.02. The molecule has 1 aliphatic heterocycles. The molecule has 90 valence electrons. The van der Waals surface area contributed by atoms with E-state index in [-0.39, 0.29) is 0 Å². The molecule has 0 radical (unpaired) electrons. The third-order valence-corrected chi connectivity index (χ3v) is 3.75. The predicted octanol–water partition coefficient (Wildman–Crippen LogP) is 2.64. The summed E-state index contributed by atoms with van der Waals surface area (Å²) < 4.78 is 0. The number of piperazine rings is 1. The van der Waals surface area contributed by atoms with E-state index in [4.69, 9.17) is 28.5 Å². The molecule has 0 saturated carbocycles. The molecule has 1 heterocycles. The van der Waals surface area contributed by atoms with Crippen molar-refractivity contribution < 1.29 is 0 Å². The van der Waals surface area contributed by atoms with Crippen molar-refractivity contribution in [3.63, 3.8) is 0 Å². The smallest absolute Gasteiger partial charge is 0.0867 e. The maximum atomic E-state index is 8.64. The molecule has 1 aliphatic rings. The maximum Gasteiger partial charge on any atom is 0.0867 e. The summed E-state index contributed by atoms with van der Waals surface area (Å²) >= 11 is 12.2. The highest BCUT2D eigenvalue weighted by atomic mass is 35.5. The Morgan fingerprint density at radius 2 is 1.88 bits per heavy atom. The lowest BCUT2D eigenvalue weighted by atomic mass is 10.2. The lowest BCUT2D eigenvalue weighted by Gasteiger charge is -2.35. The van der Waals surface area contributed by atoms with Gasteiger partial charge in [0.05, 0.1) is 28.3 Å². The summed E-state index contributed by atoms with van der Waals surface area (Å²) in [6.07, 6.45) is 0. The van der Waals surface area contributed by atoms with Crippen LogP contribution in [0.4, 0.5) is 5.69 Å². The number of hydrogen-bond donors (Lipinski definition) is 0. The van der Waals surface area contributed by atoms with Gasteiger partial charge in [0, 0.05) is 26.2 Å². The van der Waals surface area contributed by atoms with Gasteiger partial charge < -0.3 is 4.90 Å². The summed E-state index contributed by atoms with van der Waals surface area (Å²) in [6, 6.07) is 7.85. The molecule has 0 aromatic heterocycles. The summed E-state index contributed by atoms with van der Waals surface area (Å²) in [7, 11) is 0. The molecule has 0 bridgehead atoms. The van der Waals surface area contributed by atoms with Crippen LogP contribution in [0, 0.1) is 11.3 Å². The van der Waals surface area contributed by atoms with E-state index in [1.54, 1.807) is 6.07 Å². The Bertz CT molecular complexity index is 434. The lowest BCUT2D eigenvalue weighted by molar-refractivity contribution is 0.287. The Morgan fingerprint density at radius 3 is 2.53 bits per heavy atom. The highest BCUT2D eigenvalue weighted by Gasteiger charge is 2.19. The van der Waals surface area contributed by atoms with Crippen LogP contribution in [-0.2, 0) is 0 Å². The number of halogens is 2. The zero-order chi connectivity index (χ0) is 12.3. The van der Waals surface area contributed by atoms with E-state index in [9.17, 15) is 0 Å². The molecule has 0 amide bonds. The third-order valence-electron chi connectivity index (χ3n) is 2.94. The first kappa shape index (κ1) is 12.5. The summed E-state index contributed by atoms with van der Waals surface area (Å²) in [5.74, 6) is 0. The summed E-state index contributed by atoms with van der Waals surface area (Å²) in [4.78, 5) is 4.34. The zero-order valence-corrected chi connectivity index (χ0v) is 10.9. The van der Waals surface area contributed by atoms with Crippen LogP contribution in [-0.4, -0.2) is 37.6 Å². The Morgan fingerprint density at radius 1 is 1.18 bits per heavy atom. The van der Waals surface area contributed by atoms with Crippen molar-refractivity contribution in [3.05, 3.63) is 28.2 Å². The van der Waals surface area contributed by atoms with E-state index >= 15 is 0 Å². The number of anilines is 1. The monoisotopic (exact) mass is 269 g/mol. The zero-order valence-electron chi connectivity index (χ0n) is 9.37. The fourth-order valence-electron chi connectivity index (χ4n) is 1.98. The minimum absolute atomic E-state index is 0.497. The van der Waals surface area contributed by atoms with Gasteiger partial charge in [-0.25, -0.2) is 0 Å². The minimum atomic E-state index is 0.497. The number of hydrogen-bond acceptors (Lipinski definition) is 3. The fraction of sp³-hybridized carbons (Fsp3) is 0.417. The molecule has 2 rings (SSSR count). The van der Waals surface area contributed by atoms with Crippen LogP contribution in [0.1, 0.15) is 0 Å². The molecule has 0 unspecified atom stereocenters. The van der Waals surface area contributed by atoms with Crippen molar-refractivity contribution >= 4 is 28.9 Å². The van der Waals surface area contributed by atoms with E-state index < -0.39 is 0 Å². The van der Waals surface area contributed by atoms with Gasteiger partial charge in [0.15, 0.2) is 0 Å². The maximum absolute atomic E-state index is 8.64. The number of nitriles is 1. The van der Waals surface area contributed by atoms with Crippen molar-refractivity contribution in [2.24, 2.45) is 0 Å². The van der Waals surface area contributed by atoms with E-state index in [0.717, 1.165) is 31.9 Å². The molecule has 5 heteroatoms. The summed E-state index contributed by atoms with van der Waals surface area (Å²) in [5, 5.41) is 9.84. The van der Waals surface area contributed by atoms with Crippen LogP contribution < -0.4 is 4.90 Å². The molecule has 3 nitrogen and oxygen atoms in total. The number of benzene rings is 1. The molecule has 0 N–H and O–H groups in total. The van der Waals surface area contributed by atoms with Crippen molar-refractivity contribution in [2.75, 3.05) is 37.6 Å². The van der Waals surface area contributed by atoms with Gasteiger partial charge in [-0.1, -0.05) is 29.3 Å². The van der Waals surface area contributed by atoms with Gasteiger partial charge in [-0.3, -0.25) is 4.90 Å². The van der Waals surface area contributed by atoms with Crippen molar-refractivity contribution in [3.8, 4) is 6.07 Å². The first-order valence-electron chi connectivity index (χ1n) is 5.50. The largest absolute Gasteiger partial charge is 0.368 e. The average molecular weight is 270 g/mol. The van der Waals surface area contributed by atoms with Gasteiger partial charge in [-0.15, -0.1) is 0 Å². The van der Waals surface area contributed by atoms with E-state index in [2.05, 4.69) is 15.9 Å². The van der Waals surface area contributed by atoms with Gasteiger partial charge in [0.1, 0.15) is 0 Å². The Kier molecular flexibility index (Phi) is 4.11.